The minimum atomic E-state index is -0.881. The number of rotatable bonds is 8. The van der Waals surface area contributed by atoms with Crippen LogP contribution in [0.4, 0.5) is 0 Å². The number of nitrogens with one attached hydrogen (secondary N) is 3. The number of carbonyl (C=O) groups is 3. The molecule has 152 valence electrons. The van der Waals surface area contributed by atoms with Gasteiger partial charge in [0.15, 0.2) is 6.61 Å². The van der Waals surface area contributed by atoms with Crippen LogP contribution in [0, 0.1) is 0 Å². The summed E-state index contributed by atoms with van der Waals surface area (Å²) in [7, 11) is 0. The summed E-state index contributed by atoms with van der Waals surface area (Å²) >= 11 is 0. The highest BCUT2D eigenvalue weighted by molar-refractivity contribution is 6.35. The summed E-state index contributed by atoms with van der Waals surface area (Å²) in [5.41, 5.74) is 3.47. The van der Waals surface area contributed by atoms with Crippen molar-refractivity contribution < 1.29 is 19.1 Å². The monoisotopic (exact) mass is 397 g/mol. The molecule has 9 nitrogen and oxygen atoms in total. The molecule has 3 N–H and O–H groups in total. The fourth-order valence-electron chi connectivity index (χ4n) is 2.13. The molecule has 9 heteroatoms. The lowest BCUT2D eigenvalue weighted by Crippen LogP contribution is -2.37. The van der Waals surface area contributed by atoms with Gasteiger partial charge in [-0.25, -0.2) is 5.43 Å². The third-order valence-corrected chi connectivity index (χ3v) is 3.44. The molecule has 29 heavy (non-hydrogen) atoms. The molecule has 0 aliphatic carbocycles. The lowest BCUT2D eigenvalue weighted by Gasteiger charge is -2.09. The molecule has 1 aromatic heterocycles. The third kappa shape index (κ3) is 8.21. The van der Waals surface area contributed by atoms with E-state index in [1.165, 1.54) is 6.21 Å². The van der Waals surface area contributed by atoms with E-state index in [1.54, 1.807) is 48.7 Å². The number of nitrogens with zero attached hydrogens (tertiary/aromatic N) is 2. The van der Waals surface area contributed by atoms with Gasteiger partial charge in [0, 0.05) is 12.2 Å². The van der Waals surface area contributed by atoms with Crippen molar-refractivity contribution in [2.75, 3.05) is 6.61 Å². The maximum absolute atomic E-state index is 11.7. The Morgan fingerprint density at radius 1 is 1.10 bits per heavy atom. The highest BCUT2D eigenvalue weighted by Crippen LogP contribution is 2.10. The zero-order valence-electron chi connectivity index (χ0n) is 16.2. The molecule has 0 atom stereocenters. The van der Waals surface area contributed by atoms with Crippen molar-refractivity contribution in [2.45, 2.75) is 26.4 Å². The van der Waals surface area contributed by atoms with E-state index >= 15 is 0 Å². The minimum Gasteiger partial charge on any atom is -0.484 e. The molecule has 0 aliphatic rings. The molecular weight excluding hydrogens is 374 g/mol. The molecule has 0 unspecified atom stereocenters. The van der Waals surface area contributed by atoms with E-state index in [9.17, 15) is 14.4 Å². The largest absolute Gasteiger partial charge is 0.484 e. The number of aromatic nitrogens is 1. The average Bonchev–Trinajstić information content (AvgIpc) is 2.71. The highest BCUT2D eigenvalue weighted by atomic mass is 16.5. The molecule has 2 aromatic rings. The Kier molecular flexibility index (Phi) is 8.30. The fraction of sp³-hybridized carbons (Fsp3) is 0.250. The number of pyridine rings is 1. The standard InChI is InChI=1S/C20H23N5O4/c1-14(2)24-18(26)13-29-17-8-6-15(7-9-17)11-23-25-20(28)19(27)22-12-16-5-3-4-10-21-16/h3-11,14H,12-13H2,1-2H3,(H,22,27)(H,24,26)(H,25,28)/b23-11-. The lowest BCUT2D eigenvalue weighted by molar-refractivity contribution is -0.139. The van der Waals surface area contributed by atoms with Crippen LogP contribution >= 0.6 is 0 Å². The Bertz CT molecular complexity index is 851. The summed E-state index contributed by atoms with van der Waals surface area (Å²) in [6, 6.07) is 12.1. The first kappa shape index (κ1) is 21.5. The van der Waals surface area contributed by atoms with Gasteiger partial charge >= 0.3 is 11.8 Å². The van der Waals surface area contributed by atoms with Crippen molar-refractivity contribution in [2.24, 2.45) is 5.10 Å². The molecule has 0 aliphatic heterocycles. The van der Waals surface area contributed by atoms with Gasteiger partial charge in [0.05, 0.1) is 18.5 Å². The number of hydrogen-bond donors (Lipinski definition) is 3. The quantitative estimate of drug-likeness (QED) is 0.345. The van der Waals surface area contributed by atoms with E-state index in [1.807, 2.05) is 13.8 Å². The SMILES string of the molecule is CC(C)NC(=O)COc1ccc(/C=N\NC(=O)C(=O)NCc2ccccn2)cc1. The highest BCUT2D eigenvalue weighted by Gasteiger charge is 2.12. The molecule has 2 rings (SSSR count). The summed E-state index contributed by atoms with van der Waals surface area (Å²) in [5.74, 6) is -1.36. The van der Waals surface area contributed by atoms with Gasteiger partial charge in [-0.3, -0.25) is 19.4 Å². The van der Waals surface area contributed by atoms with Crippen LogP contribution in [0.2, 0.25) is 0 Å². The number of hydrazone groups is 1. The molecule has 0 radical (unpaired) electrons. The third-order valence-electron chi connectivity index (χ3n) is 3.44. The van der Waals surface area contributed by atoms with Gasteiger partial charge in [0.2, 0.25) is 0 Å². The molecule has 0 saturated heterocycles. The molecule has 0 fully saturated rings. The van der Waals surface area contributed by atoms with Crippen LogP contribution in [0.15, 0.2) is 53.8 Å². The van der Waals surface area contributed by atoms with E-state index in [2.05, 4.69) is 26.1 Å². The zero-order valence-corrected chi connectivity index (χ0v) is 16.2. The van der Waals surface area contributed by atoms with Crippen molar-refractivity contribution >= 4 is 23.9 Å². The van der Waals surface area contributed by atoms with Crippen molar-refractivity contribution in [1.29, 1.82) is 0 Å². The number of hydrogen-bond acceptors (Lipinski definition) is 6. The van der Waals surface area contributed by atoms with Crippen molar-refractivity contribution in [3.63, 3.8) is 0 Å². The summed E-state index contributed by atoms with van der Waals surface area (Å²) < 4.78 is 5.38. The van der Waals surface area contributed by atoms with Gasteiger partial charge < -0.3 is 15.4 Å². The first-order valence-corrected chi connectivity index (χ1v) is 8.97. The summed E-state index contributed by atoms with van der Waals surface area (Å²) in [6.07, 6.45) is 2.99. The van der Waals surface area contributed by atoms with E-state index in [0.717, 1.165) is 0 Å². The van der Waals surface area contributed by atoms with Gasteiger partial charge in [-0.15, -0.1) is 0 Å². The number of carbonyl (C=O) groups excluding carboxylic acids is 3. The van der Waals surface area contributed by atoms with Crippen molar-refractivity contribution in [3.05, 3.63) is 59.9 Å². The summed E-state index contributed by atoms with van der Waals surface area (Å²) in [6.45, 7) is 3.81. The Morgan fingerprint density at radius 3 is 2.52 bits per heavy atom. The lowest BCUT2D eigenvalue weighted by atomic mass is 10.2. The maximum Gasteiger partial charge on any atom is 0.329 e. The second-order valence-electron chi connectivity index (χ2n) is 6.28. The molecule has 0 saturated carbocycles. The second kappa shape index (κ2) is 11.2. The predicted molar refractivity (Wildman–Crippen MR) is 107 cm³/mol. The average molecular weight is 397 g/mol. The minimum absolute atomic E-state index is 0.0528. The van der Waals surface area contributed by atoms with Gasteiger partial charge in [-0.1, -0.05) is 6.07 Å². The zero-order chi connectivity index (χ0) is 21.1. The number of benzene rings is 1. The van der Waals surface area contributed by atoms with Crippen LogP contribution in [0.25, 0.3) is 0 Å². The summed E-state index contributed by atoms with van der Waals surface area (Å²) in [4.78, 5) is 39.0. The van der Waals surface area contributed by atoms with E-state index in [4.69, 9.17) is 4.74 Å². The first-order valence-electron chi connectivity index (χ1n) is 8.97. The van der Waals surface area contributed by atoms with Crippen LogP contribution in [0.3, 0.4) is 0 Å². The van der Waals surface area contributed by atoms with Crippen LogP contribution in [-0.2, 0) is 20.9 Å². The Hall–Kier alpha value is -3.75. The molecular formula is C20H23N5O4. The predicted octanol–water partition coefficient (Wildman–Crippen LogP) is 0.752. The van der Waals surface area contributed by atoms with Gasteiger partial charge in [0.1, 0.15) is 5.75 Å². The Morgan fingerprint density at radius 2 is 1.86 bits per heavy atom. The fourth-order valence-corrected chi connectivity index (χ4v) is 2.13. The van der Waals surface area contributed by atoms with Gasteiger partial charge in [0.25, 0.3) is 5.91 Å². The topological polar surface area (TPSA) is 122 Å². The van der Waals surface area contributed by atoms with E-state index in [-0.39, 0.29) is 25.1 Å². The first-order chi connectivity index (χ1) is 13.9. The summed E-state index contributed by atoms with van der Waals surface area (Å²) in [5, 5.41) is 8.93. The van der Waals surface area contributed by atoms with Crippen LogP contribution in [-0.4, -0.2) is 41.6 Å². The number of ether oxygens (including phenoxy) is 1. The van der Waals surface area contributed by atoms with Crippen LogP contribution < -0.4 is 20.8 Å². The van der Waals surface area contributed by atoms with Gasteiger partial charge in [-0.05, 0) is 55.8 Å². The van der Waals surface area contributed by atoms with E-state index in [0.29, 0.717) is 17.0 Å². The second-order valence-corrected chi connectivity index (χ2v) is 6.28. The molecule has 1 aromatic carbocycles. The van der Waals surface area contributed by atoms with Crippen molar-refractivity contribution in [3.8, 4) is 5.75 Å². The van der Waals surface area contributed by atoms with Gasteiger partial charge in [-0.2, -0.15) is 5.10 Å². The number of amides is 3. The van der Waals surface area contributed by atoms with E-state index < -0.39 is 11.8 Å². The Labute approximate surface area is 168 Å². The normalized spacial score (nSPS) is 10.6. The Balaban J connectivity index is 1.74. The molecule has 3 amide bonds. The van der Waals surface area contributed by atoms with Crippen LogP contribution in [0.5, 0.6) is 5.75 Å². The molecule has 0 spiro atoms. The van der Waals surface area contributed by atoms with Crippen LogP contribution in [0.1, 0.15) is 25.1 Å². The molecule has 0 bridgehead atoms. The smallest absolute Gasteiger partial charge is 0.329 e. The van der Waals surface area contributed by atoms with Crippen molar-refractivity contribution in [1.82, 2.24) is 21.0 Å². The molecule has 1 heterocycles. The maximum atomic E-state index is 11.7.